The molecule has 74 valence electrons. The Morgan fingerprint density at radius 2 is 2.46 bits per heavy atom. The van der Waals surface area contributed by atoms with Gasteiger partial charge in [-0.15, -0.1) is 0 Å². The quantitative estimate of drug-likeness (QED) is 0.699. The maximum Gasteiger partial charge on any atom is 0.0533 e. The third-order valence-corrected chi connectivity index (χ3v) is 2.88. The molecule has 0 spiro atoms. The molecular weight excluding hydrogens is 182 g/mol. The smallest absolute Gasteiger partial charge is 0.0533 e. The molecule has 0 bridgehead atoms. The molecule has 3 nitrogen and oxygen atoms in total. The van der Waals surface area contributed by atoms with Gasteiger partial charge < -0.3 is 5.32 Å². The first-order chi connectivity index (χ1) is 6.33. The maximum absolute atomic E-state index is 4.12. The Bertz CT molecular complexity index is 211. The molecule has 1 unspecified atom stereocenters. The zero-order valence-corrected chi connectivity index (χ0v) is 9.05. The molecule has 1 aromatic rings. The topological polar surface area (TPSA) is 29.9 Å². The van der Waals surface area contributed by atoms with Crippen molar-refractivity contribution >= 4 is 11.8 Å². The van der Waals surface area contributed by atoms with E-state index in [2.05, 4.69) is 23.6 Å². The van der Waals surface area contributed by atoms with Crippen LogP contribution in [-0.2, 0) is 6.54 Å². The largest absolute Gasteiger partial charge is 0.314 e. The average Bonchev–Trinajstić information content (AvgIpc) is 2.64. The molecular formula is C9H17N3S. The van der Waals surface area contributed by atoms with Gasteiger partial charge in [0.25, 0.3) is 0 Å². The first kappa shape index (κ1) is 10.6. The summed E-state index contributed by atoms with van der Waals surface area (Å²) in [4.78, 5) is 0. The molecule has 0 aromatic carbocycles. The summed E-state index contributed by atoms with van der Waals surface area (Å²) in [7, 11) is 0. The molecule has 0 amide bonds. The number of thioether (sulfide) groups is 1. The third-order valence-electron chi connectivity index (χ3n) is 1.91. The Hall–Kier alpha value is -0.480. The van der Waals surface area contributed by atoms with E-state index < -0.39 is 0 Å². The van der Waals surface area contributed by atoms with Gasteiger partial charge in [-0.05, 0) is 12.3 Å². The van der Waals surface area contributed by atoms with Crippen LogP contribution in [0.2, 0.25) is 0 Å². The van der Waals surface area contributed by atoms with Gasteiger partial charge in [0.2, 0.25) is 0 Å². The Balaban J connectivity index is 2.02. The van der Waals surface area contributed by atoms with Crippen LogP contribution in [0.15, 0.2) is 18.5 Å². The fourth-order valence-electron chi connectivity index (χ4n) is 1.01. The van der Waals surface area contributed by atoms with Crippen molar-refractivity contribution in [1.82, 2.24) is 15.1 Å². The summed E-state index contributed by atoms with van der Waals surface area (Å²) in [5.41, 5.74) is 0. The zero-order chi connectivity index (χ0) is 9.52. The lowest BCUT2D eigenvalue weighted by Gasteiger charge is -2.09. The molecule has 0 aliphatic heterocycles. The van der Waals surface area contributed by atoms with Gasteiger partial charge in [0, 0.05) is 30.7 Å². The SMILES string of the molecule is CSC(C)CNCCn1cccn1. The molecule has 1 rings (SSSR count). The average molecular weight is 199 g/mol. The van der Waals surface area contributed by atoms with Crippen LogP contribution in [0.25, 0.3) is 0 Å². The van der Waals surface area contributed by atoms with Crippen LogP contribution >= 0.6 is 11.8 Å². The molecule has 0 aliphatic carbocycles. The van der Waals surface area contributed by atoms with E-state index >= 15 is 0 Å². The molecule has 0 fully saturated rings. The summed E-state index contributed by atoms with van der Waals surface area (Å²) in [6.07, 6.45) is 5.93. The molecule has 0 aliphatic rings. The number of hydrogen-bond acceptors (Lipinski definition) is 3. The van der Waals surface area contributed by atoms with Gasteiger partial charge in [-0.2, -0.15) is 16.9 Å². The van der Waals surface area contributed by atoms with E-state index in [0.717, 1.165) is 19.6 Å². The second kappa shape index (κ2) is 6.05. The predicted molar refractivity (Wildman–Crippen MR) is 58.1 cm³/mol. The van der Waals surface area contributed by atoms with Crippen molar-refractivity contribution < 1.29 is 0 Å². The minimum Gasteiger partial charge on any atom is -0.314 e. The molecule has 0 saturated carbocycles. The highest BCUT2D eigenvalue weighted by atomic mass is 32.2. The van der Waals surface area contributed by atoms with Gasteiger partial charge in [0.05, 0.1) is 6.54 Å². The lowest BCUT2D eigenvalue weighted by molar-refractivity contribution is 0.556. The van der Waals surface area contributed by atoms with Crippen molar-refractivity contribution in [2.75, 3.05) is 19.3 Å². The number of hydrogen-bond donors (Lipinski definition) is 1. The molecule has 0 saturated heterocycles. The summed E-state index contributed by atoms with van der Waals surface area (Å²) in [5, 5.41) is 8.21. The van der Waals surface area contributed by atoms with E-state index in [1.54, 1.807) is 0 Å². The Morgan fingerprint density at radius 1 is 1.62 bits per heavy atom. The highest BCUT2D eigenvalue weighted by Gasteiger charge is 1.97. The van der Waals surface area contributed by atoms with Crippen LogP contribution in [0, 0.1) is 0 Å². The summed E-state index contributed by atoms with van der Waals surface area (Å²) < 4.78 is 1.94. The minimum absolute atomic E-state index is 0.692. The first-order valence-corrected chi connectivity index (χ1v) is 5.82. The number of rotatable bonds is 6. The summed E-state index contributed by atoms with van der Waals surface area (Å²) in [6, 6.07) is 1.95. The van der Waals surface area contributed by atoms with Gasteiger partial charge in [0.15, 0.2) is 0 Å². The number of nitrogens with zero attached hydrogens (tertiary/aromatic N) is 2. The van der Waals surface area contributed by atoms with Crippen molar-refractivity contribution in [1.29, 1.82) is 0 Å². The molecule has 4 heteroatoms. The lowest BCUT2D eigenvalue weighted by atomic mass is 10.4. The highest BCUT2D eigenvalue weighted by Crippen LogP contribution is 2.01. The van der Waals surface area contributed by atoms with Gasteiger partial charge in [-0.1, -0.05) is 6.92 Å². The monoisotopic (exact) mass is 199 g/mol. The molecule has 1 aromatic heterocycles. The molecule has 1 heterocycles. The van der Waals surface area contributed by atoms with Gasteiger partial charge in [-0.25, -0.2) is 0 Å². The van der Waals surface area contributed by atoms with Crippen molar-refractivity contribution in [3.63, 3.8) is 0 Å². The first-order valence-electron chi connectivity index (χ1n) is 4.54. The van der Waals surface area contributed by atoms with Crippen LogP contribution in [0.4, 0.5) is 0 Å². The standard InChI is InChI=1S/C9H17N3S/c1-9(13-2)8-10-5-7-12-6-3-4-11-12/h3-4,6,9-10H,5,7-8H2,1-2H3. The van der Waals surface area contributed by atoms with E-state index in [9.17, 15) is 0 Å². The fourth-order valence-corrected chi connectivity index (χ4v) is 1.30. The van der Waals surface area contributed by atoms with Crippen molar-refractivity contribution in [3.8, 4) is 0 Å². The van der Waals surface area contributed by atoms with Crippen molar-refractivity contribution in [3.05, 3.63) is 18.5 Å². The summed E-state index contributed by atoms with van der Waals surface area (Å²) >= 11 is 1.89. The predicted octanol–water partition coefficient (Wildman–Crippen LogP) is 1.22. The number of aromatic nitrogens is 2. The van der Waals surface area contributed by atoms with Crippen LogP contribution in [-0.4, -0.2) is 34.4 Å². The summed E-state index contributed by atoms with van der Waals surface area (Å²) in [5.74, 6) is 0. The second-order valence-corrected chi connectivity index (χ2v) is 4.30. The summed E-state index contributed by atoms with van der Waals surface area (Å²) in [6.45, 7) is 5.24. The Labute approximate surface area is 83.9 Å². The normalized spacial score (nSPS) is 13.1. The van der Waals surface area contributed by atoms with Crippen LogP contribution in [0.1, 0.15) is 6.92 Å². The van der Waals surface area contributed by atoms with Crippen molar-refractivity contribution in [2.24, 2.45) is 0 Å². The third kappa shape index (κ3) is 4.33. The van der Waals surface area contributed by atoms with E-state index in [-0.39, 0.29) is 0 Å². The van der Waals surface area contributed by atoms with E-state index in [4.69, 9.17) is 0 Å². The van der Waals surface area contributed by atoms with Gasteiger partial charge >= 0.3 is 0 Å². The Morgan fingerprint density at radius 3 is 3.08 bits per heavy atom. The molecule has 1 N–H and O–H groups in total. The Kier molecular flexibility index (Phi) is 4.93. The van der Waals surface area contributed by atoms with Gasteiger partial charge in [0.1, 0.15) is 0 Å². The van der Waals surface area contributed by atoms with E-state index in [1.165, 1.54) is 0 Å². The van der Waals surface area contributed by atoms with Crippen LogP contribution < -0.4 is 5.32 Å². The van der Waals surface area contributed by atoms with E-state index in [0.29, 0.717) is 5.25 Å². The van der Waals surface area contributed by atoms with Crippen LogP contribution in [0.5, 0.6) is 0 Å². The molecule has 13 heavy (non-hydrogen) atoms. The second-order valence-electron chi connectivity index (χ2n) is 3.02. The number of nitrogens with one attached hydrogen (secondary N) is 1. The lowest BCUT2D eigenvalue weighted by Crippen LogP contribution is -2.26. The molecule has 1 atom stereocenters. The van der Waals surface area contributed by atoms with Crippen LogP contribution in [0.3, 0.4) is 0 Å². The fraction of sp³-hybridized carbons (Fsp3) is 0.667. The van der Waals surface area contributed by atoms with E-state index in [1.807, 2.05) is 34.9 Å². The highest BCUT2D eigenvalue weighted by molar-refractivity contribution is 7.99. The minimum atomic E-state index is 0.692. The van der Waals surface area contributed by atoms with Crippen molar-refractivity contribution in [2.45, 2.75) is 18.7 Å². The maximum atomic E-state index is 4.12. The van der Waals surface area contributed by atoms with Gasteiger partial charge in [-0.3, -0.25) is 4.68 Å². The molecule has 0 radical (unpaired) electrons. The zero-order valence-electron chi connectivity index (χ0n) is 8.23.